The number of hydrogen-bond donors (Lipinski definition) is 1. The molecule has 0 aliphatic carbocycles. The normalized spacial score (nSPS) is 10.8. The van der Waals surface area contributed by atoms with Gasteiger partial charge >= 0.3 is 0 Å². The molecule has 0 spiro atoms. The van der Waals surface area contributed by atoms with Crippen LogP contribution >= 0.6 is 11.6 Å². The molecule has 1 aromatic heterocycles. The smallest absolute Gasteiger partial charge is 0.149 e. The zero-order valence-electron chi connectivity index (χ0n) is 9.61. The van der Waals surface area contributed by atoms with Gasteiger partial charge in [0.05, 0.1) is 19.0 Å². The lowest BCUT2D eigenvalue weighted by molar-refractivity contribution is 0.163. The molecule has 6 heteroatoms. The molecule has 0 aliphatic heterocycles. The standard InChI is InChI=1S/C10H17ClN4O/c1-15(5-6-16-2)4-3-13-10-8-12-7-9(11)14-10/h7-8H,3-6H2,1-2H3,(H,13,14). The van der Waals surface area contributed by atoms with Crippen LogP contribution in [-0.2, 0) is 4.74 Å². The van der Waals surface area contributed by atoms with Gasteiger partial charge in [0.2, 0.25) is 0 Å². The molecule has 90 valence electrons. The van der Waals surface area contributed by atoms with Crippen molar-refractivity contribution in [3.8, 4) is 0 Å². The van der Waals surface area contributed by atoms with Crippen LogP contribution in [0.2, 0.25) is 5.15 Å². The first kappa shape index (κ1) is 13.2. The summed E-state index contributed by atoms with van der Waals surface area (Å²) in [5.74, 6) is 0.702. The maximum absolute atomic E-state index is 5.71. The highest BCUT2D eigenvalue weighted by atomic mass is 35.5. The summed E-state index contributed by atoms with van der Waals surface area (Å²) in [6, 6.07) is 0. The highest BCUT2D eigenvalue weighted by Crippen LogP contribution is 2.05. The van der Waals surface area contributed by atoms with Gasteiger partial charge in [-0.25, -0.2) is 4.98 Å². The molecule has 0 saturated carbocycles. The van der Waals surface area contributed by atoms with Gasteiger partial charge in [0.15, 0.2) is 0 Å². The maximum atomic E-state index is 5.71. The van der Waals surface area contributed by atoms with Crippen molar-refractivity contribution >= 4 is 17.4 Å². The van der Waals surface area contributed by atoms with E-state index in [9.17, 15) is 0 Å². The van der Waals surface area contributed by atoms with Crippen molar-refractivity contribution in [2.75, 3.05) is 45.7 Å². The van der Waals surface area contributed by atoms with Gasteiger partial charge in [-0.05, 0) is 7.05 Å². The zero-order chi connectivity index (χ0) is 11.8. The first-order valence-corrected chi connectivity index (χ1v) is 5.49. The quantitative estimate of drug-likeness (QED) is 0.779. The SMILES string of the molecule is COCCN(C)CCNc1cncc(Cl)n1. The van der Waals surface area contributed by atoms with Crippen molar-refractivity contribution < 1.29 is 4.74 Å². The second-order valence-corrected chi connectivity index (χ2v) is 3.84. The number of nitrogens with one attached hydrogen (secondary N) is 1. The van der Waals surface area contributed by atoms with E-state index in [4.69, 9.17) is 16.3 Å². The monoisotopic (exact) mass is 244 g/mol. The molecule has 0 radical (unpaired) electrons. The summed E-state index contributed by atoms with van der Waals surface area (Å²) in [7, 11) is 3.75. The van der Waals surface area contributed by atoms with Crippen molar-refractivity contribution in [1.82, 2.24) is 14.9 Å². The van der Waals surface area contributed by atoms with Crippen LogP contribution in [0.5, 0.6) is 0 Å². The lowest BCUT2D eigenvalue weighted by atomic mass is 10.5. The Morgan fingerprint density at radius 3 is 2.94 bits per heavy atom. The first-order valence-electron chi connectivity index (χ1n) is 5.11. The van der Waals surface area contributed by atoms with E-state index in [1.54, 1.807) is 13.3 Å². The Morgan fingerprint density at radius 2 is 2.25 bits per heavy atom. The minimum absolute atomic E-state index is 0.401. The Kier molecular flexibility index (Phi) is 6.07. The second-order valence-electron chi connectivity index (χ2n) is 3.45. The predicted octanol–water partition coefficient (Wildman–Crippen LogP) is 1.12. The Labute approximate surface area is 101 Å². The third-order valence-corrected chi connectivity index (χ3v) is 2.26. The molecular formula is C10H17ClN4O. The molecule has 0 aliphatic rings. The minimum Gasteiger partial charge on any atom is -0.383 e. The number of hydrogen-bond acceptors (Lipinski definition) is 5. The van der Waals surface area contributed by atoms with Crippen LogP contribution in [0, 0.1) is 0 Å². The van der Waals surface area contributed by atoms with Crippen LogP contribution in [0.4, 0.5) is 5.82 Å². The molecular weight excluding hydrogens is 228 g/mol. The topological polar surface area (TPSA) is 50.3 Å². The molecule has 1 N–H and O–H groups in total. The number of likely N-dealkylation sites (N-methyl/N-ethyl adjacent to an activating group) is 1. The Morgan fingerprint density at radius 1 is 1.44 bits per heavy atom. The number of ether oxygens (including phenoxy) is 1. The van der Waals surface area contributed by atoms with Crippen LogP contribution in [0.1, 0.15) is 0 Å². The fourth-order valence-corrected chi connectivity index (χ4v) is 1.31. The minimum atomic E-state index is 0.401. The van der Waals surface area contributed by atoms with Gasteiger partial charge in [-0.15, -0.1) is 0 Å². The number of anilines is 1. The van der Waals surface area contributed by atoms with Gasteiger partial charge in [-0.3, -0.25) is 4.98 Å². The third-order valence-electron chi connectivity index (χ3n) is 2.08. The average molecular weight is 245 g/mol. The van der Waals surface area contributed by atoms with E-state index in [2.05, 4.69) is 20.2 Å². The Balaban J connectivity index is 2.20. The van der Waals surface area contributed by atoms with E-state index in [0.717, 1.165) is 26.2 Å². The summed E-state index contributed by atoms with van der Waals surface area (Å²) in [6.07, 6.45) is 3.17. The molecule has 0 bridgehead atoms. The largest absolute Gasteiger partial charge is 0.383 e. The van der Waals surface area contributed by atoms with Crippen molar-refractivity contribution in [3.63, 3.8) is 0 Å². The molecule has 0 amide bonds. The molecule has 16 heavy (non-hydrogen) atoms. The van der Waals surface area contributed by atoms with Crippen LogP contribution in [0.15, 0.2) is 12.4 Å². The zero-order valence-corrected chi connectivity index (χ0v) is 10.4. The van der Waals surface area contributed by atoms with Gasteiger partial charge in [-0.2, -0.15) is 0 Å². The van der Waals surface area contributed by atoms with Crippen molar-refractivity contribution in [2.24, 2.45) is 0 Å². The van der Waals surface area contributed by atoms with Crippen molar-refractivity contribution in [1.29, 1.82) is 0 Å². The van der Waals surface area contributed by atoms with Gasteiger partial charge < -0.3 is 15.0 Å². The lowest BCUT2D eigenvalue weighted by Crippen LogP contribution is -2.28. The number of nitrogens with zero attached hydrogens (tertiary/aromatic N) is 3. The van der Waals surface area contributed by atoms with Crippen LogP contribution < -0.4 is 5.32 Å². The summed E-state index contributed by atoms with van der Waals surface area (Å²) >= 11 is 5.71. The molecule has 0 atom stereocenters. The predicted molar refractivity (Wildman–Crippen MR) is 64.9 cm³/mol. The fraction of sp³-hybridized carbons (Fsp3) is 0.600. The fourth-order valence-electron chi connectivity index (χ4n) is 1.16. The second kappa shape index (κ2) is 7.38. The molecule has 5 nitrogen and oxygen atoms in total. The molecule has 0 aromatic carbocycles. The molecule has 1 aromatic rings. The van der Waals surface area contributed by atoms with Crippen molar-refractivity contribution in [2.45, 2.75) is 0 Å². The van der Waals surface area contributed by atoms with Gasteiger partial charge in [0.1, 0.15) is 11.0 Å². The highest BCUT2D eigenvalue weighted by Gasteiger charge is 1.99. The molecule has 0 unspecified atom stereocenters. The third kappa shape index (κ3) is 5.25. The highest BCUT2D eigenvalue weighted by molar-refractivity contribution is 6.29. The summed E-state index contributed by atoms with van der Waals surface area (Å²) in [4.78, 5) is 10.2. The number of aromatic nitrogens is 2. The van der Waals surface area contributed by atoms with Crippen LogP contribution in [-0.4, -0.2) is 55.3 Å². The average Bonchev–Trinajstić information content (AvgIpc) is 2.26. The van der Waals surface area contributed by atoms with E-state index in [1.807, 2.05) is 7.05 Å². The first-order chi connectivity index (χ1) is 7.72. The molecule has 1 rings (SSSR count). The molecule has 0 fully saturated rings. The number of rotatable bonds is 7. The summed E-state index contributed by atoms with van der Waals surface area (Å²) in [5.41, 5.74) is 0. The van der Waals surface area contributed by atoms with Crippen LogP contribution in [0.3, 0.4) is 0 Å². The van der Waals surface area contributed by atoms with E-state index in [-0.39, 0.29) is 0 Å². The Bertz CT molecular complexity index is 311. The van der Waals surface area contributed by atoms with E-state index in [0.29, 0.717) is 11.0 Å². The summed E-state index contributed by atoms with van der Waals surface area (Å²) in [5, 5.41) is 3.55. The van der Waals surface area contributed by atoms with E-state index in [1.165, 1.54) is 6.20 Å². The lowest BCUT2D eigenvalue weighted by Gasteiger charge is -2.16. The van der Waals surface area contributed by atoms with Gasteiger partial charge in [0, 0.05) is 26.7 Å². The summed E-state index contributed by atoms with van der Waals surface area (Å²) in [6.45, 7) is 3.37. The Hall–Kier alpha value is -0.910. The molecule has 0 saturated heterocycles. The van der Waals surface area contributed by atoms with Gasteiger partial charge in [-0.1, -0.05) is 11.6 Å². The summed E-state index contributed by atoms with van der Waals surface area (Å²) < 4.78 is 4.99. The maximum Gasteiger partial charge on any atom is 0.149 e. The number of halogens is 1. The van der Waals surface area contributed by atoms with Crippen LogP contribution in [0.25, 0.3) is 0 Å². The van der Waals surface area contributed by atoms with E-state index < -0.39 is 0 Å². The van der Waals surface area contributed by atoms with Crippen molar-refractivity contribution in [3.05, 3.63) is 17.5 Å². The van der Waals surface area contributed by atoms with E-state index >= 15 is 0 Å². The molecule has 1 heterocycles. The number of methoxy groups -OCH3 is 1. The van der Waals surface area contributed by atoms with Gasteiger partial charge in [0.25, 0.3) is 0 Å².